The van der Waals surface area contributed by atoms with Crippen LogP contribution in [-0.4, -0.2) is 23.0 Å². The fourth-order valence-corrected chi connectivity index (χ4v) is 0.313. The summed E-state index contributed by atoms with van der Waals surface area (Å²) in [7, 11) is 0. The van der Waals surface area contributed by atoms with E-state index >= 15 is 0 Å². The van der Waals surface area contributed by atoms with Crippen LogP contribution in [0.4, 0.5) is 0 Å². The molecule has 0 rings (SSSR count). The predicted octanol–water partition coefficient (Wildman–Crippen LogP) is -0.283. The number of hydrogen-bond acceptors (Lipinski definition) is 4. The molecule has 5 heteroatoms. The zero-order chi connectivity index (χ0) is 8.85. The van der Waals surface area contributed by atoms with Gasteiger partial charge in [0.05, 0.1) is 0 Å². The number of carbonyl (C=O) groups excluding carboxylic acids is 2. The van der Waals surface area contributed by atoms with Gasteiger partial charge in [-0.1, -0.05) is 6.58 Å². The molecule has 0 bridgehead atoms. The Labute approximate surface area is 62.3 Å². The molecule has 0 atom stereocenters. The summed E-state index contributed by atoms with van der Waals surface area (Å²) in [6.45, 7) is 3.02. The molecule has 11 heavy (non-hydrogen) atoms. The van der Waals surface area contributed by atoms with Crippen molar-refractivity contribution in [2.45, 2.75) is 6.42 Å². The molecule has 0 fully saturated rings. The summed E-state index contributed by atoms with van der Waals surface area (Å²) >= 11 is 0. The van der Waals surface area contributed by atoms with Crippen LogP contribution in [0.15, 0.2) is 12.7 Å². The molecule has 5 nitrogen and oxygen atoms in total. The molecule has 1 N–H and O–H groups in total. The van der Waals surface area contributed by atoms with Crippen molar-refractivity contribution in [3.63, 3.8) is 0 Å². The molecule has 0 saturated heterocycles. The number of rotatable bonds is 3. The average Bonchev–Trinajstić information content (AvgIpc) is 1.85. The first kappa shape index (κ1) is 9.35. The third kappa shape index (κ3) is 4.83. The Hall–Kier alpha value is -1.65. The Balaban J connectivity index is 3.78. The standard InChI is InChI=1S/C6H6O5/c1-2-5(9)11-6(10)3-4(7)8/h2H,1,3H2,(H,7,8). The van der Waals surface area contributed by atoms with Gasteiger partial charge in [-0.2, -0.15) is 0 Å². The largest absolute Gasteiger partial charge is 0.481 e. The van der Waals surface area contributed by atoms with E-state index in [1.54, 1.807) is 0 Å². The number of hydrogen-bond donors (Lipinski definition) is 1. The van der Waals surface area contributed by atoms with E-state index in [4.69, 9.17) is 5.11 Å². The van der Waals surface area contributed by atoms with Crippen LogP contribution in [-0.2, 0) is 19.1 Å². The maximum Gasteiger partial charge on any atom is 0.337 e. The molecule has 0 aliphatic heterocycles. The van der Waals surface area contributed by atoms with Crippen LogP contribution in [0, 0.1) is 0 Å². The molecule has 0 heterocycles. The Morgan fingerprint density at radius 3 is 2.36 bits per heavy atom. The second-order valence-corrected chi connectivity index (χ2v) is 1.57. The number of ether oxygens (including phenoxy) is 1. The minimum Gasteiger partial charge on any atom is -0.481 e. The summed E-state index contributed by atoms with van der Waals surface area (Å²) in [6.07, 6.45) is -0.0423. The monoisotopic (exact) mass is 158 g/mol. The highest BCUT2D eigenvalue weighted by molar-refractivity contribution is 5.98. The van der Waals surface area contributed by atoms with Gasteiger partial charge >= 0.3 is 17.9 Å². The van der Waals surface area contributed by atoms with E-state index in [1.807, 2.05) is 0 Å². The fourth-order valence-electron chi connectivity index (χ4n) is 0.313. The van der Waals surface area contributed by atoms with Crippen LogP contribution in [0.3, 0.4) is 0 Å². The van der Waals surface area contributed by atoms with Gasteiger partial charge in [0, 0.05) is 6.08 Å². The second-order valence-electron chi connectivity index (χ2n) is 1.57. The van der Waals surface area contributed by atoms with Gasteiger partial charge in [-0.25, -0.2) is 4.79 Å². The van der Waals surface area contributed by atoms with Crippen molar-refractivity contribution in [2.24, 2.45) is 0 Å². The van der Waals surface area contributed by atoms with Gasteiger partial charge < -0.3 is 9.84 Å². The van der Waals surface area contributed by atoms with Crippen molar-refractivity contribution in [2.75, 3.05) is 0 Å². The number of esters is 2. The molecule has 0 aliphatic rings. The fraction of sp³-hybridized carbons (Fsp3) is 0.167. The number of aliphatic carboxylic acids is 1. The molecule has 60 valence electrons. The van der Waals surface area contributed by atoms with Crippen LogP contribution in [0.25, 0.3) is 0 Å². The lowest BCUT2D eigenvalue weighted by Crippen LogP contribution is -2.13. The molecular formula is C6H6O5. The van der Waals surface area contributed by atoms with Gasteiger partial charge in [0.15, 0.2) is 0 Å². The van der Waals surface area contributed by atoms with Gasteiger partial charge in [-0.05, 0) is 0 Å². The molecule has 0 aromatic carbocycles. The van der Waals surface area contributed by atoms with Crippen molar-refractivity contribution in [3.05, 3.63) is 12.7 Å². The maximum atomic E-state index is 10.4. The van der Waals surface area contributed by atoms with E-state index in [0.717, 1.165) is 6.08 Å². The highest BCUT2D eigenvalue weighted by Gasteiger charge is 2.11. The Kier molecular flexibility index (Phi) is 3.58. The summed E-state index contributed by atoms with van der Waals surface area (Å²) < 4.78 is 3.93. The number of carbonyl (C=O) groups is 3. The number of carboxylic acid groups (broad SMARTS) is 1. The predicted molar refractivity (Wildman–Crippen MR) is 33.5 cm³/mol. The third-order valence-electron chi connectivity index (χ3n) is 0.677. The van der Waals surface area contributed by atoms with Gasteiger partial charge in [0.1, 0.15) is 6.42 Å². The van der Waals surface area contributed by atoms with Crippen LogP contribution in [0.2, 0.25) is 0 Å². The molecule has 0 unspecified atom stereocenters. The second kappa shape index (κ2) is 4.21. The minimum atomic E-state index is -1.34. The molecule has 0 radical (unpaired) electrons. The van der Waals surface area contributed by atoms with E-state index in [2.05, 4.69) is 11.3 Å². The molecule has 0 aromatic heterocycles. The lowest BCUT2D eigenvalue weighted by atomic mass is 10.4. The Morgan fingerprint density at radius 2 is 2.00 bits per heavy atom. The van der Waals surface area contributed by atoms with Crippen molar-refractivity contribution < 1.29 is 24.2 Å². The van der Waals surface area contributed by atoms with Crippen molar-refractivity contribution in [1.29, 1.82) is 0 Å². The first-order valence-electron chi connectivity index (χ1n) is 2.65. The highest BCUT2D eigenvalue weighted by Crippen LogP contribution is 1.87. The van der Waals surface area contributed by atoms with Gasteiger partial charge in [-0.15, -0.1) is 0 Å². The van der Waals surface area contributed by atoms with Crippen LogP contribution >= 0.6 is 0 Å². The zero-order valence-corrected chi connectivity index (χ0v) is 5.57. The van der Waals surface area contributed by atoms with Crippen molar-refractivity contribution in [1.82, 2.24) is 0 Å². The summed E-state index contributed by atoms with van der Waals surface area (Å²) in [5, 5.41) is 8.03. The van der Waals surface area contributed by atoms with Gasteiger partial charge in [0.2, 0.25) is 0 Å². The summed E-state index contributed by atoms with van der Waals surface area (Å²) in [4.78, 5) is 30.4. The lowest BCUT2D eigenvalue weighted by Gasteiger charge is -1.94. The first-order chi connectivity index (χ1) is 5.06. The normalized spacial score (nSPS) is 8.36. The van der Waals surface area contributed by atoms with Crippen LogP contribution in [0.5, 0.6) is 0 Å². The lowest BCUT2D eigenvalue weighted by molar-refractivity contribution is -0.158. The molecule has 0 aromatic rings. The summed E-state index contributed by atoms with van der Waals surface area (Å²) in [5.41, 5.74) is 0. The number of carboxylic acids is 1. The summed E-state index contributed by atoms with van der Waals surface area (Å²) in [5.74, 6) is -3.38. The SMILES string of the molecule is C=CC(=O)OC(=O)CC(=O)O. The molecule has 0 spiro atoms. The molecule has 0 aliphatic carbocycles. The quantitative estimate of drug-likeness (QED) is 0.347. The first-order valence-corrected chi connectivity index (χ1v) is 2.65. The zero-order valence-electron chi connectivity index (χ0n) is 5.57. The Morgan fingerprint density at radius 1 is 1.45 bits per heavy atom. The van der Waals surface area contributed by atoms with Gasteiger partial charge in [-0.3, -0.25) is 9.59 Å². The Bertz CT molecular complexity index is 205. The van der Waals surface area contributed by atoms with Crippen LogP contribution < -0.4 is 0 Å². The topological polar surface area (TPSA) is 80.7 Å². The van der Waals surface area contributed by atoms with Crippen molar-refractivity contribution in [3.8, 4) is 0 Å². The van der Waals surface area contributed by atoms with E-state index in [0.29, 0.717) is 0 Å². The minimum absolute atomic E-state index is 0.778. The van der Waals surface area contributed by atoms with E-state index in [9.17, 15) is 14.4 Å². The van der Waals surface area contributed by atoms with E-state index in [-0.39, 0.29) is 0 Å². The average molecular weight is 158 g/mol. The third-order valence-corrected chi connectivity index (χ3v) is 0.677. The van der Waals surface area contributed by atoms with Gasteiger partial charge in [0.25, 0.3) is 0 Å². The molecular weight excluding hydrogens is 152 g/mol. The highest BCUT2D eigenvalue weighted by atomic mass is 16.6. The smallest absolute Gasteiger partial charge is 0.337 e. The van der Waals surface area contributed by atoms with E-state index in [1.165, 1.54) is 0 Å². The maximum absolute atomic E-state index is 10.4. The summed E-state index contributed by atoms with van der Waals surface area (Å²) in [6, 6.07) is 0. The van der Waals surface area contributed by atoms with Crippen molar-refractivity contribution >= 4 is 17.9 Å². The molecule has 0 saturated carbocycles. The van der Waals surface area contributed by atoms with Crippen LogP contribution in [0.1, 0.15) is 6.42 Å². The molecule has 0 amide bonds. The van der Waals surface area contributed by atoms with E-state index < -0.39 is 24.3 Å².